The van der Waals surface area contributed by atoms with Gasteiger partial charge in [0, 0.05) is 25.4 Å². The highest BCUT2D eigenvalue weighted by Gasteiger charge is 2.08. The summed E-state index contributed by atoms with van der Waals surface area (Å²) >= 11 is 0. The minimum absolute atomic E-state index is 0.856. The van der Waals surface area contributed by atoms with Gasteiger partial charge in [-0.1, -0.05) is 18.2 Å². The lowest BCUT2D eigenvalue weighted by atomic mass is 10.3. The number of para-hydroxylation sites is 1. The third-order valence-corrected chi connectivity index (χ3v) is 2.34. The molecule has 0 amide bonds. The second kappa shape index (κ2) is 4.28. The maximum absolute atomic E-state index is 5.40. The lowest BCUT2D eigenvalue weighted by molar-refractivity contribution is 0.152. The SMILES string of the molecule is c1ccc(N2CCCOCC2)cc1. The van der Waals surface area contributed by atoms with E-state index in [-0.39, 0.29) is 0 Å². The largest absolute Gasteiger partial charge is 0.380 e. The van der Waals surface area contributed by atoms with Crippen LogP contribution in [0.25, 0.3) is 0 Å². The van der Waals surface area contributed by atoms with Crippen LogP contribution in [0.5, 0.6) is 0 Å². The van der Waals surface area contributed by atoms with Gasteiger partial charge in [0.2, 0.25) is 0 Å². The van der Waals surface area contributed by atoms with Gasteiger partial charge >= 0.3 is 0 Å². The van der Waals surface area contributed by atoms with Gasteiger partial charge in [-0.15, -0.1) is 0 Å². The first-order valence-electron chi connectivity index (χ1n) is 4.84. The van der Waals surface area contributed by atoms with Crippen molar-refractivity contribution in [2.45, 2.75) is 6.42 Å². The minimum atomic E-state index is 0.856. The van der Waals surface area contributed by atoms with E-state index in [1.165, 1.54) is 5.69 Å². The van der Waals surface area contributed by atoms with Gasteiger partial charge in [-0.2, -0.15) is 0 Å². The topological polar surface area (TPSA) is 12.5 Å². The first-order chi connectivity index (χ1) is 6.47. The van der Waals surface area contributed by atoms with Crippen molar-refractivity contribution in [3.8, 4) is 0 Å². The maximum Gasteiger partial charge on any atom is 0.0641 e. The van der Waals surface area contributed by atoms with Gasteiger partial charge in [0.1, 0.15) is 0 Å². The maximum atomic E-state index is 5.40. The van der Waals surface area contributed by atoms with Crippen LogP contribution in [0.3, 0.4) is 0 Å². The molecule has 0 spiro atoms. The average molecular weight is 177 g/mol. The summed E-state index contributed by atoms with van der Waals surface area (Å²) in [5.41, 5.74) is 1.31. The fraction of sp³-hybridized carbons (Fsp3) is 0.455. The van der Waals surface area contributed by atoms with Crippen molar-refractivity contribution in [3.63, 3.8) is 0 Å². The minimum Gasteiger partial charge on any atom is -0.380 e. The van der Waals surface area contributed by atoms with Gasteiger partial charge in [-0.3, -0.25) is 0 Å². The van der Waals surface area contributed by atoms with Crippen molar-refractivity contribution >= 4 is 5.69 Å². The molecule has 2 rings (SSSR count). The zero-order valence-corrected chi connectivity index (χ0v) is 7.78. The third kappa shape index (κ3) is 2.22. The molecular formula is C11H15NO. The molecule has 0 N–H and O–H groups in total. The summed E-state index contributed by atoms with van der Waals surface area (Å²) in [5.74, 6) is 0. The molecule has 13 heavy (non-hydrogen) atoms. The molecule has 1 aromatic rings. The summed E-state index contributed by atoms with van der Waals surface area (Å²) in [7, 11) is 0. The van der Waals surface area contributed by atoms with Crippen molar-refractivity contribution in [2.75, 3.05) is 31.2 Å². The Balaban J connectivity index is 2.06. The predicted octanol–water partition coefficient (Wildman–Crippen LogP) is 1.91. The highest BCUT2D eigenvalue weighted by atomic mass is 16.5. The summed E-state index contributed by atoms with van der Waals surface area (Å²) in [4.78, 5) is 2.38. The normalized spacial score (nSPS) is 18.3. The highest BCUT2D eigenvalue weighted by Crippen LogP contribution is 2.14. The zero-order valence-electron chi connectivity index (χ0n) is 7.78. The van der Waals surface area contributed by atoms with Crippen LogP contribution >= 0.6 is 0 Å². The molecular weight excluding hydrogens is 162 g/mol. The van der Waals surface area contributed by atoms with Crippen LogP contribution in [0.4, 0.5) is 5.69 Å². The van der Waals surface area contributed by atoms with Crippen molar-refractivity contribution in [1.82, 2.24) is 0 Å². The number of anilines is 1. The van der Waals surface area contributed by atoms with E-state index in [1.54, 1.807) is 0 Å². The number of hydrogen-bond donors (Lipinski definition) is 0. The van der Waals surface area contributed by atoms with E-state index >= 15 is 0 Å². The fourth-order valence-corrected chi connectivity index (χ4v) is 1.64. The summed E-state index contributed by atoms with van der Waals surface area (Å²) in [6, 6.07) is 10.5. The summed E-state index contributed by atoms with van der Waals surface area (Å²) in [6.07, 6.45) is 1.13. The van der Waals surface area contributed by atoms with Gasteiger partial charge in [-0.25, -0.2) is 0 Å². The molecule has 0 unspecified atom stereocenters. The molecule has 0 radical (unpaired) electrons. The molecule has 1 aromatic carbocycles. The standard InChI is InChI=1S/C11H15NO/c1-2-5-11(6-3-1)12-7-4-9-13-10-8-12/h1-3,5-6H,4,7-10H2. The van der Waals surface area contributed by atoms with Crippen LogP contribution in [0.1, 0.15) is 6.42 Å². The first-order valence-corrected chi connectivity index (χ1v) is 4.84. The molecule has 1 fully saturated rings. The van der Waals surface area contributed by atoms with Gasteiger partial charge in [0.05, 0.1) is 6.61 Å². The molecule has 0 bridgehead atoms. The van der Waals surface area contributed by atoms with Crippen molar-refractivity contribution < 1.29 is 4.74 Å². The molecule has 70 valence electrons. The number of benzene rings is 1. The van der Waals surface area contributed by atoms with E-state index in [1.807, 2.05) is 0 Å². The summed E-state index contributed by atoms with van der Waals surface area (Å²) in [6.45, 7) is 3.90. The molecule has 0 aromatic heterocycles. The Morgan fingerprint density at radius 3 is 2.69 bits per heavy atom. The van der Waals surface area contributed by atoms with E-state index in [4.69, 9.17) is 4.74 Å². The van der Waals surface area contributed by atoms with E-state index in [9.17, 15) is 0 Å². The third-order valence-electron chi connectivity index (χ3n) is 2.34. The second-order valence-corrected chi connectivity index (χ2v) is 3.29. The Morgan fingerprint density at radius 1 is 1.00 bits per heavy atom. The Labute approximate surface area is 79.1 Å². The molecule has 1 aliphatic rings. The Bertz CT molecular complexity index is 240. The molecule has 2 nitrogen and oxygen atoms in total. The van der Waals surface area contributed by atoms with Crippen LogP contribution in [0.15, 0.2) is 30.3 Å². The monoisotopic (exact) mass is 177 g/mol. The van der Waals surface area contributed by atoms with Crippen LogP contribution in [0, 0.1) is 0 Å². The van der Waals surface area contributed by atoms with Crippen LogP contribution < -0.4 is 4.90 Å². The average Bonchev–Trinajstić information content (AvgIpc) is 2.47. The zero-order chi connectivity index (χ0) is 8.93. The smallest absolute Gasteiger partial charge is 0.0641 e. The van der Waals surface area contributed by atoms with Gasteiger partial charge in [0.25, 0.3) is 0 Å². The van der Waals surface area contributed by atoms with E-state index < -0.39 is 0 Å². The number of nitrogens with zero attached hydrogens (tertiary/aromatic N) is 1. The van der Waals surface area contributed by atoms with E-state index in [0.29, 0.717) is 0 Å². The van der Waals surface area contributed by atoms with Gasteiger partial charge in [-0.05, 0) is 18.6 Å². The van der Waals surface area contributed by atoms with Crippen LogP contribution in [-0.2, 0) is 4.74 Å². The lowest BCUT2D eigenvalue weighted by Gasteiger charge is -2.21. The Kier molecular flexibility index (Phi) is 2.82. The molecule has 2 heteroatoms. The molecule has 1 saturated heterocycles. The number of hydrogen-bond acceptors (Lipinski definition) is 2. The molecule has 0 atom stereocenters. The first kappa shape index (κ1) is 8.57. The lowest BCUT2D eigenvalue weighted by Crippen LogP contribution is -2.25. The van der Waals surface area contributed by atoms with Crippen LogP contribution in [-0.4, -0.2) is 26.3 Å². The highest BCUT2D eigenvalue weighted by molar-refractivity contribution is 5.45. The Morgan fingerprint density at radius 2 is 1.85 bits per heavy atom. The van der Waals surface area contributed by atoms with E-state index in [2.05, 4.69) is 35.2 Å². The quantitative estimate of drug-likeness (QED) is 0.649. The molecule has 0 aliphatic carbocycles. The van der Waals surface area contributed by atoms with E-state index in [0.717, 1.165) is 32.7 Å². The van der Waals surface area contributed by atoms with Gasteiger partial charge in [0.15, 0.2) is 0 Å². The Hall–Kier alpha value is -1.02. The molecule has 1 heterocycles. The fourth-order valence-electron chi connectivity index (χ4n) is 1.64. The summed E-state index contributed by atoms with van der Waals surface area (Å²) < 4.78 is 5.40. The predicted molar refractivity (Wildman–Crippen MR) is 54.1 cm³/mol. The summed E-state index contributed by atoms with van der Waals surface area (Å²) in [5, 5.41) is 0. The number of rotatable bonds is 1. The van der Waals surface area contributed by atoms with Crippen molar-refractivity contribution in [2.24, 2.45) is 0 Å². The second-order valence-electron chi connectivity index (χ2n) is 3.29. The number of ether oxygens (including phenoxy) is 1. The van der Waals surface area contributed by atoms with Crippen molar-refractivity contribution in [3.05, 3.63) is 30.3 Å². The molecule has 1 aliphatic heterocycles. The molecule has 0 saturated carbocycles. The van der Waals surface area contributed by atoms with Crippen molar-refractivity contribution in [1.29, 1.82) is 0 Å². The van der Waals surface area contributed by atoms with Gasteiger partial charge < -0.3 is 9.64 Å². The van der Waals surface area contributed by atoms with Crippen LogP contribution in [0.2, 0.25) is 0 Å².